The molecule has 4 aliphatic carbocycles. The monoisotopic (exact) mass is 342 g/mol. The predicted octanol–water partition coefficient (Wildman–Crippen LogP) is 6.43. The first-order valence-electron chi connectivity index (χ1n) is 11.0. The van der Waals surface area contributed by atoms with Crippen molar-refractivity contribution in [2.45, 2.75) is 98.0 Å². The Hall–Kier alpha value is -0.560. The SMILES string of the molecule is CCC[C@@H](C)[C@H]1CC=C2C3=C(CC[C@@]21C)[C@@]1(C)CCC(O)CC1CC3. The lowest BCUT2D eigenvalue weighted by molar-refractivity contribution is 0.0225. The van der Waals surface area contributed by atoms with Crippen LogP contribution in [0.1, 0.15) is 91.9 Å². The highest BCUT2D eigenvalue weighted by Gasteiger charge is 2.52. The molecule has 0 heterocycles. The molecule has 0 amide bonds. The molecule has 1 N–H and O–H groups in total. The Morgan fingerprint density at radius 3 is 2.72 bits per heavy atom. The van der Waals surface area contributed by atoms with Crippen LogP contribution in [-0.4, -0.2) is 11.2 Å². The van der Waals surface area contributed by atoms with Gasteiger partial charge in [-0.25, -0.2) is 0 Å². The van der Waals surface area contributed by atoms with E-state index in [0.29, 0.717) is 10.8 Å². The molecule has 0 saturated heterocycles. The van der Waals surface area contributed by atoms with E-state index in [1.165, 1.54) is 51.4 Å². The van der Waals surface area contributed by atoms with Gasteiger partial charge in [-0.1, -0.05) is 52.2 Å². The Kier molecular flexibility index (Phi) is 4.46. The third-order valence-corrected chi connectivity index (χ3v) is 8.91. The van der Waals surface area contributed by atoms with Crippen LogP contribution < -0.4 is 0 Å². The van der Waals surface area contributed by atoms with Gasteiger partial charge in [0.05, 0.1) is 6.10 Å². The number of hydrogen-bond acceptors (Lipinski definition) is 1. The molecule has 0 aromatic carbocycles. The number of aliphatic hydroxyl groups is 1. The van der Waals surface area contributed by atoms with E-state index < -0.39 is 0 Å². The van der Waals surface area contributed by atoms with E-state index >= 15 is 0 Å². The van der Waals surface area contributed by atoms with Gasteiger partial charge in [-0.05, 0) is 91.1 Å². The second-order valence-electron chi connectivity index (χ2n) is 10.2. The molecule has 2 unspecified atom stereocenters. The third kappa shape index (κ3) is 2.59. The van der Waals surface area contributed by atoms with E-state index in [-0.39, 0.29) is 6.10 Å². The summed E-state index contributed by atoms with van der Waals surface area (Å²) < 4.78 is 0. The highest BCUT2D eigenvalue weighted by molar-refractivity contribution is 5.49. The van der Waals surface area contributed by atoms with Gasteiger partial charge in [0.2, 0.25) is 0 Å². The highest BCUT2D eigenvalue weighted by atomic mass is 16.3. The maximum absolute atomic E-state index is 10.2. The fourth-order valence-electron chi connectivity index (χ4n) is 7.39. The minimum absolute atomic E-state index is 0.0425. The molecule has 1 fully saturated rings. The first kappa shape index (κ1) is 17.8. The summed E-state index contributed by atoms with van der Waals surface area (Å²) in [7, 11) is 0. The van der Waals surface area contributed by atoms with E-state index in [4.69, 9.17) is 0 Å². The van der Waals surface area contributed by atoms with Gasteiger partial charge in [-0.15, -0.1) is 0 Å². The lowest BCUT2D eigenvalue weighted by Crippen LogP contribution is -2.44. The van der Waals surface area contributed by atoms with Gasteiger partial charge in [-0.3, -0.25) is 0 Å². The van der Waals surface area contributed by atoms with Crippen molar-refractivity contribution < 1.29 is 5.11 Å². The van der Waals surface area contributed by atoms with Gasteiger partial charge < -0.3 is 5.11 Å². The molecular formula is C24H38O. The average Bonchev–Trinajstić information content (AvgIpc) is 2.93. The van der Waals surface area contributed by atoms with Gasteiger partial charge in [0.15, 0.2) is 0 Å². The van der Waals surface area contributed by atoms with Crippen molar-refractivity contribution in [1.82, 2.24) is 0 Å². The van der Waals surface area contributed by atoms with Crippen LogP contribution in [0.4, 0.5) is 0 Å². The number of aliphatic hydroxyl groups excluding tert-OH is 1. The summed E-state index contributed by atoms with van der Waals surface area (Å²) in [6.07, 6.45) is 15.1. The Morgan fingerprint density at radius 2 is 1.96 bits per heavy atom. The van der Waals surface area contributed by atoms with Gasteiger partial charge in [0, 0.05) is 0 Å². The van der Waals surface area contributed by atoms with Crippen LogP contribution in [0.3, 0.4) is 0 Å². The van der Waals surface area contributed by atoms with Crippen molar-refractivity contribution in [3.05, 3.63) is 22.8 Å². The zero-order chi connectivity index (χ0) is 17.8. The van der Waals surface area contributed by atoms with E-state index in [0.717, 1.165) is 30.6 Å². The molecule has 0 radical (unpaired) electrons. The van der Waals surface area contributed by atoms with Crippen LogP contribution >= 0.6 is 0 Å². The van der Waals surface area contributed by atoms with Crippen molar-refractivity contribution in [1.29, 1.82) is 0 Å². The maximum Gasteiger partial charge on any atom is 0.0543 e. The number of hydrogen-bond donors (Lipinski definition) is 1. The smallest absolute Gasteiger partial charge is 0.0543 e. The molecule has 1 nitrogen and oxygen atoms in total. The van der Waals surface area contributed by atoms with Crippen LogP contribution in [0.2, 0.25) is 0 Å². The predicted molar refractivity (Wildman–Crippen MR) is 105 cm³/mol. The quantitative estimate of drug-likeness (QED) is 0.627. The third-order valence-electron chi connectivity index (χ3n) is 8.91. The standard InChI is InChI=1S/C24H38O/c1-5-6-16(2)20-9-10-21-19-8-7-17-15-18(25)11-13-23(17,3)22(19)12-14-24(20,21)4/h10,16-18,20,25H,5-9,11-15H2,1-4H3/t16-,17?,18?,20-,23+,24-/m1/s1. The number of fused-ring (bicyclic) bond motifs is 4. The molecule has 0 aliphatic heterocycles. The highest BCUT2D eigenvalue weighted by Crippen LogP contribution is 2.64. The zero-order valence-electron chi connectivity index (χ0n) is 16.9. The average molecular weight is 343 g/mol. The lowest BCUT2D eigenvalue weighted by atomic mass is 9.51. The molecule has 0 aromatic rings. The number of rotatable bonds is 3. The van der Waals surface area contributed by atoms with Crippen LogP contribution in [-0.2, 0) is 0 Å². The molecule has 25 heavy (non-hydrogen) atoms. The molecule has 140 valence electrons. The fourth-order valence-corrected chi connectivity index (χ4v) is 7.39. The topological polar surface area (TPSA) is 20.2 Å². The molecule has 6 atom stereocenters. The van der Waals surface area contributed by atoms with Crippen molar-refractivity contribution in [2.75, 3.05) is 0 Å². The van der Waals surface area contributed by atoms with Crippen molar-refractivity contribution in [2.24, 2.45) is 28.6 Å². The minimum Gasteiger partial charge on any atom is -0.393 e. The summed E-state index contributed by atoms with van der Waals surface area (Å²) >= 11 is 0. The normalized spacial score (nSPS) is 44.7. The van der Waals surface area contributed by atoms with Gasteiger partial charge in [0.25, 0.3) is 0 Å². The Morgan fingerprint density at radius 1 is 1.16 bits per heavy atom. The lowest BCUT2D eigenvalue weighted by Gasteiger charge is -2.54. The molecule has 4 rings (SSSR count). The summed E-state index contributed by atoms with van der Waals surface area (Å²) in [5.74, 6) is 2.43. The first-order chi connectivity index (χ1) is 11.9. The van der Waals surface area contributed by atoms with Gasteiger partial charge >= 0.3 is 0 Å². The summed E-state index contributed by atoms with van der Waals surface area (Å²) in [5, 5.41) is 10.2. The molecule has 0 aromatic heterocycles. The van der Waals surface area contributed by atoms with Gasteiger partial charge in [0.1, 0.15) is 0 Å². The second kappa shape index (κ2) is 6.25. The Balaban J connectivity index is 1.66. The van der Waals surface area contributed by atoms with E-state index in [1.807, 2.05) is 5.57 Å². The molecule has 0 spiro atoms. The molecule has 1 heteroatoms. The Bertz CT molecular complexity index is 599. The van der Waals surface area contributed by atoms with E-state index in [2.05, 4.69) is 33.8 Å². The van der Waals surface area contributed by atoms with E-state index in [9.17, 15) is 5.11 Å². The van der Waals surface area contributed by atoms with Crippen molar-refractivity contribution >= 4 is 0 Å². The first-order valence-corrected chi connectivity index (χ1v) is 11.0. The summed E-state index contributed by atoms with van der Waals surface area (Å²) in [4.78, 5) is 0. The Labute approximate surface area is 155 Å². The van der Waals surface area contributed by atoms with Crippen molar-refractivity contribution in [3.63, 3.8) is 0 Å². The maximum atomic E-state index is 10.2. The van der Waals surface area contributed by atoms with E-state index in [1.54, 1.807) is 11.1 Å². The van der Waals surface area contributed by atoms with Crippen LogP contribution in [0.15, 0.2) is 22.8 Å². The number of allylic oxidation sites excluding steroid dienone is 4. The zero-order valence-corrected chi connectivity index (χ0v) is 16.9. The van der Waals surface area contributed by atoms with Crippen LogP contribution in [0.5, 0.6) is 0 Å². The summed E-state index contributed by atoms with van der Waals surface area (Å²) in [6.45, 7) is 9.96. The minimum atomic E-state index is -0.0425. The second-order valence-corrected chi connectivity index (χ2v) is 10.2. The van der Waals surface area contributed by atoms with Gasteiger partial charge in [-0.2, -0.15) is 0 Å². The molecular weight excluding hydrogens is 304 g/mol. The van der Waals surface area contributed by atoms with Crippen molar-refractivity contribution in [3.8, 4) is 0 Å². The molecule has 4 aliphatic rings. The largest absolute Gasteiger partial charge is 0.393 e. The molecule has 1 saturated carbocycles. The molecule has 0 bridgehead atoms. The van der Waals surface area contributed by atoms with Crippen LogP contribution in [0.25, 0.3) is 0 Å². The van der Waals surface area contributed by atoms with Crippen LogP contribution in [0, 0.1) is 28.6 Å². The fraction of sp³-hybridized carbons (Fsp3) is 0.833. The summed E-state index contributed by atoms with van der Waals surface area (Å²) in [5.41, 5.74) is 6.15. The summed E-state index contributed by atoms with van der Waals surface area (Å²) in [6, 6.07) is 0.